The van der Waals surface area contributed by atoms with Crippen LogP contribution in [0.25, 0.3) is 11.1 Å². The lowest BCUT2D eigenvalue weighted by molar-refractivity contribution is -0.137. The van der Waals surface area contributed by atoms with Gasteiger partial charge in [0.2, 0.25) is 0 Å². The topological polar surface area (TPSA) is 26.0 Å². The molecule has 2 aromatic rings. The van der Waals surface area contributed by atoms with Gasteiger partial charge in [-0.05, 0) is 41.3 Å². The maximum Gasteiger partial charge on any atom is 0.416 e. The fourth-order valence-corrected chi connectivity index (χ4v) is 2.02. The number of rotatable bonds is 2. The van der Waals surface area contributed by atoms with Gasteiger partial charge in [-0.2, -0.15) is 13.2 Å². The predicted molar refractivity (Wildman–Crippen MR) is 66.9 cm³/mol. The van der Waals surface area contributed by atoms with E-state index in [1.54, 1.807) is 30.3 Å². The van der Waals surface area contributed by atoms with Crippen molar-refractivity contribution in [2.24, 2.45) is 5.14 Å². The van der Waals surface area contributed by atoms with Gasteiger partial charge in [-0.15, -0.1) is 0 Å². The summed E-state index contributed by atoms with van der Waals surface area (Å²) >= 11 is 0.808. The first kappa shape index (κ1) is 13.0. The summed E-state index contributed by atoms with van der Waals surface area (Å²) in [4.78, 5) is 0.392. The van der Waals surface area contributed by atoms with Crippen molar-refractivity contribution in [3.8, 4) is 11.1 Å². The summed E-state index contributed by atoms with van der Waals surface area (Å²) in [6, 6.07) is 12.7. The van der Waals surface area contributed by atoms with E-state index in [2.05, 4.69) is 0 Å². The summed E-state index contributed by atoms with van der Waals surface area (Å²) in [5.41, 5.74) is 0.564. The molecule has 0 atom stereocenters. The molecule has 18 heavy (non-hydrogen) atoms. The SMILES string of the molecule is NSc1cc(-c2ccccc2)cc(C(F)(F)F)c1. The van der Waals surface area contributed by atoms with Crippen LogP contribution in [-0.2, 0) is 6.18 Å². The van der Waals surface area contributed by atoms with Crippen molar-refractivity contribution < 1.29 is 13.2 Å². The van der Waals surface area contributed by atoms with Crippen LogP contribution in [0.15, 0.2) is 53.4 Å². The minimum absolute atomic E-state index is 0.392. The molecule has 0 unspecified atom stereocenters. The molecular weight excluding hydrogens is 259 g/mol. The average Bonchev–Trinajstić information content (AvgIpc) is 2.38. The Balaban J connectivity index is 2.55. The van der Waals surface area contributed by atoms with Gasteiger partial charge in [-0.25, -0.2) is 0 Å². The van der Waals surface area contributed by atoms with Crippen LogP contribution in [0.4, 0.5) is 13.2 Å². The highest BCUT2D eigenvalue weighted by Crippen LogP contribution is 2.35. The lowest BCUT2D eigenvalue weighted by Crippen LogP contribution is -2.05. The Morgan fingerprint density at radius 2 is 1.56 bits per heavy atom. The number of alkyl halides is 3. The summed E-state index contributed by atoms with van der Waals surface area (Å²) in [5, 5.41) is 5.36. The van der Waals surface area contributed by atoms with Crippen molar-refractivity contribution in [3.63, 3.8) is 0 Å². The zero-order valence-corrected chi connectivity index (χ0v) is 10.1. The number of nitrogens with two attached hydrogens (primary N) is 1. The van der Waals surface area contributed by atoms with Gasteiger partial charge in [-0.3, -0.25) is 5.14 Å². The largest absolute Gasteiger partial charge is 0.416 e. The number of benzene rings is 2. The first-order valence-corrected chi connectivity index (χ1v) is 6.03. The second kappa shape index (κ2) is 5.04. The molecule has 0 fully saturated rings. The van der Waals surface area contributed by atoms with E-state index in [9.17, 15) is 13.2 Å². The van der Waals surface area contributed by atoms with Crippen LogP contribution in [0.2, 0.25) is 0 Å². The Bertz CT molecular complexity index is 538. The highest BCUT2D eigenvalue weighted by Gasteiger charge is 2.31. The van der Waals surface area contributed by atoms with Crippen LogP contribution in [-0.4, -0.2) is 0 Å². The van der Waals surface area contributed by atoms with Gasteiger partial charge in [0.1, 0.15) is 0 Å². The minimum Gasteiger partial charge on any atom is -0.274 e. The Hall–Kier alpha value is -1.46. The predicted octanol–water partition coefficient (Wildman–Crippen LogP) is 4.34. The molecule has 0 aliphatic heterocycles. The Morgan fingerprint density at radius 1 is 0.889 bits per heavy atom. The zero-order valence-electron chi connectivity index (χ0n) is 9.24. The van der Waals surface area contributed by atoms with E-state index in [-0.39, 0.29) is 0 Å². The normalized spacial score (nSPS) is 11.6. The molecule has 94 valence electrons. The van der Waals surface area contributed by atoms with Gasteiger partial charge in [0.05, 0.1) is 5.56 Å². The van der Waals surface area contributed by atoms with Gasteiger partial charge in [0.25, 0.3) is 0 Å². The van der Waals surface area contributed by atoms with Gasteiger partial charge >= 0.3 is 6.18 Å². The quantitative estimate of drug-likeness (QED) is 0.821. The fraction of sp³-hybridized carbons (Fsp3) is 0.0769. The van der Waals surface area contributed by atoms with Crippen molar-refractivity contribution in [1.82, 2.24) is 0 Å². The number of hydrogen-bond acceptors (Lipinski definition) is 2. The van der Waals surface area contributed by atoms with Crippen LogP contribution in [0.5, 0.6) is 0 Å². The highest BCUT2D eigenvalue weighted by atomic mass is 32.2. The van der Waals surface area contributed by atoms with Gasteiger partial charge < -0.3 is 0 Å². The van der Waals surface area contributed by atoms with E-state index >= 15 is 0 Å². The van der Waals surface area contributed by atoms with Crippen LogP contribution in [0, 0.1) is 0 Å². The molecule has 0 radical (unpaired) electrons. The third kappa shape index (κ3) is 2.86. The maximum atomic E-state index is 12.7. The third-order valence-electron chi connectivity index (χ3n) is 2.48. The first-order valence-electron chi connectivity index (χ1n) is 5.15. The lowest BCUT2D eigenvalue weighted by Gasteiger charge is -2.11. The Morgan fingerprint density at radius 3 is 2.11 bits per heavy atom. The van der Waals surface area contributed by atoms with Crippen LogP contribution >= 0.6 is 11.9 Å². The Kier molecular flexibility index (Phi) is 3.63. The molecule has 2 aromatic carbocycles. The van der Waals surface area contributed by atoms with E-state index in [0.29, 0.717) is 10.5 Å². The monoisotopic (exact) mass is 269 g/mol. The van der Waals surface area contributed by atoms with E-state index in [4.69, 9.17) is 5.14 Å². The van der Waals surface area contributed by atoms with E-state index in [1.807, 2.05) is 6.07 Å². The minimum atomic E-state index is -4.37. The molecule has 2 rings (SSSR count). The summed E-state index contributed by atoms with van der Waals surface area (Å²) in [5.74, 6) is 0. The molecule has 0 spiro atoms. The Labute approximate surface area is 107 Å². The van der Waals surface area contributed by atoms with Crippen molar-refractivity contribution in [2.45, 2.75) is 11.1 Å². The smallest absolute Gasteiger partial charge is 0.274 e. The molecule has 2 N–H and O–H groups in total. The molecule has 0 amide bonds. The highest BCUT2D eigenvalue weighted by molar-refractivity contribution is 7.97. The van der Waals surface area contributed by atoms with E-state index < -0.39 is 11.7 Å². The van der Waals surface area contributed by atoms with Gasteiger partial charge in [-0.1, -0.05) is 30.3 Å². The fourth-order valence-electron chi connectivity index (χ4n) is 1.63. The second-order valence-electron chi connectivity index (χ2n) is 3.73. The van der Waals surface area contributed by atoms with Crippen molar-refractivity contribution >= 4 is 11.9 Å². The van der Waals surface area contributed by atoms with Crippen molar-refractivity contribution in [3.05, 3.63) is 54.1 Å². The lowest BCUT2D eigenvalue weighted by atomic mass is 10.0. The maximum absolute atomic E-state index is 12.7. The van der Waals surface area contributed by atoms with Crippen molar-refractivity contribution in [2.75, 3.05) is 0 Å². The van der Waals surface area contributed by atoms with Crippen LogP contribution in [0.3, 0.4) is 0 Å². The summed E-state index contributed by atoms with van der Waals surface area (Å²) in [7, 11) is 0. The molecule has 0 saturated carbocycles. The van der Waals surface area contributed by atoms with Crippen LogP contribution < -0.4 is 5.14 Å². The van der Waals surface area contributed by atoms with Crippen molar-refractivity contribution in [1.29, 1.82) is 0 Å². The molecule has 0 saturated heterocycles. The molecule has 0 aliphatic carbocycles. The third-order valence-corrected chi connectivity index (χ3v) is 2.98. The van der Waals surface area contributed by atoms with E-state index in [0.717, 1.165) is 29.6 Å². The molecule has 1 nitrogen and oxygen atoms in total. The molecule has 5 heteroatoms. The summed E-state index contributed by atoms with van der Waals surface area (Å²) in [6.45, 7) is 0. The van der Waals surface area contributed by atoms with Gasteiger partial charge in [0.15, 0.2) is 0 Å². The molecule has 0 aliphatic rings. The molecular formula is C13H10F3NS. The summed E-state index contributed by atoms with van der Waals surface area (Å²) in [6.07, 6.45) is -4.37. The van der Waals surface area contributed by atoms with Crippen LogP contribution in [0.1, 0.15) is 5.56 Å². The summed E-state index contributed by atoms with van der Waals surface area (Å²) < 4.78 is 38.2. The van der Waals surface area contributed by atoms with Gasteiger partial charge in [0, 0.05) is 4.90 Å². The first-order chi connectivity index (χ1) is 8.50. The second-order valence-corrected chi connectivity index (χ2v) is 4.43. The standard InChI is InChI=1S/C13H10F3NS/c14-13(15,16)11-6-10(7-12(8-11)18-17)9-4-2-1-3-5-9/h1-8H,17H2. The molecule has 0 bridgehead atoms. The molecule has 0 aromatic heterocycles. The average molecular weight is 269 g/mol. The molecule has 0 heterocycles. The van der Waals surface area contributed by atoms with E-state index in [1.165, 1.54) is 0 Å². The number of halogens is 3. The number of hydrogen-bond donors (Lipinski definition) is 1. The zero-order chi connectivity index (χ0) is 13.2.